The topological polar surface area (TPSA) is 0 Å². The molecule has 1 aromatic carbocycles. The van der Waals surface area contributed by atoms with Crippen LogP contribution >= 0.6 is 22.9 Å². The lowest BCUT2D eigenvalue weighted by Gasteiger charge is -2.00. The first-order valence-corrected chi connectivity index (χ1v) is 5.05. The first-order valence-electron chi connectivity index (χ1n) is 3.64. The summed E-state index contributed by atoms with van der Waals surface area (Å²) in [6.07, 6.45) is 0. The fourth-order valence-corrected chi connectivity index (χ4v) is 2.23. The van der Waals surface area contributed by atoms with E-state index in [1.807, 2.05) is 0 Å². The number of alkyl halides is 1. The number of rotatable bonds is 1. The number of hydrogen-bond donors (Lipinski definition) is 0. The number of hydrogen-bond acceptors (Lipinski definition) is 1. The molecule has 0 unspecified atom stereocenters. The summed E-state index contributed by atoms with van der Waals surface area (Å²) in [6.45, 7) is 0. The maximum Gasteiger partial charge on any atom is 0.167 e. The molecular formula is C9H5ClF2S. The molecule has 2 aromatic rings. The molecule has 68 valence electrons. The Morgan fingerprint density at radius 2 is 2.08 bits per heavy atom. The quantitative estimate of drug-likeness (QED) is 0.637. The number of thiophene rings is 1. The molecule has 0 amide bonds. The van der Waals surface area contributed by atoms with Crippen molar-refractivity contribution < 1.29 is 8.78 Å². The predicted molar refractivity (Wildman–Crippen MR) is 51.3 cm³/mol. The Balaban J connectivity index is 2.83. The normalized spacial score (nSPS) is 11.0. The van der Waals surface area contributed by atoms with Crippen molar-refractivity contribution in [3.05, 3.63) is 34.7 Å². The average molecular weight is 219 g/mol. The van der Waals surface area contributed by atoms with Gasteiger partial charge in [0.2, 0.25) is 0 Å². The molecule has 0 radical (unpaired) electrons. The summed E-state index contributed by atoms with van der Waals surface area (Å²) in [6, 6.07) is 3.15. The summed E-state index contributed by atoms with van der Waals surface area (Å²) >= 11 is 6.84. The fraction of sp³-hybridized carbons (Fsp3) is 0.111. The molecular weight excluding hydrogens is 214 g/mol. The maximum absolute atomic E-state index is 13.3. The fourth-order valence-electron chi connectivity index (χ4n) is 1.19. The second-order valence-electron chi connectivity index (χ2n) is 2.63. The molecule has 2 rings (SSSR count). The van der Waals surface area contributed by atoms with Crippen LogP contribution in [0, 0.1) is 11.6 Å². The van der Waals surface area contributed by atoms with E-state index in [2.05, 4.69) is 0 Å². The summed E-state index contributed by atoms with van der Waals surface area (Å²) in [7, 11) is 0. The largest absolute Gasteiger partial charge is 0.203 e. The molecule has 1 aromatic heterocycles. The third kappa shape index (κ3) is 1.32. The van der Waals surface area contributed by atoms with Crippen LogP contribution in [0.4, 0.5) is 8.78 Å². The van der Waals surface area contributed by atoms with Gasteiger partial charge >= 0.3 is 0 Å². The SMILES string of the molecule is Fc1c(CCl)cc2sccc2c1F. The highest BCUT2D eigenvalue weighted by molar-refractivity contribution is 7.17. The molecule has 13 heavy (non-hydrogen) atoms. The zero-order chi connectivity index (χ0) is 9.42. The zero-order valence-corrected chi connectivity index (χ0v) is 8.05. The Morgan fingerprint density at radius 1 is 1.31 bits per heavy atom. The van der Waals surface area contributed by atoms with Gasteiger partial charge in [-0.05, 0) is 17.5 Å². The van der Waals surface area contributed by atoms with Crippen LogP contribution in [0.15, 0.2) is 17.5 Å². The Labute approximate surface area is 82.8 Å². The molecule has 0 nitrogen and oxygen atoms in total. The second-order valence-corrected chi connectivity index (χ2v) is 3.84. The highest BCUT2D eigenvalue weighted by atomic mass is 35.5. The summed E-state index contributed by atoms with van der Waals surface area (Å²) in [5.74, 6) is -1.63. The summed E-state index contributed by atoms with van der Waals surface area (Å²) in [4.78, 5) is 0. The Hall–Kier alpha value is -0.670. The van der Waals surface area contributed by atoms with Crippen LogP contribution in [-0.2, 0) is 5.88 Å². The minimum atomic E-state index is -0.832. The van der Waals surface area contributed by atoms with E-state index in [1.54, 1.807) is 17.5 Å². The van der Waals surface area contributed by atoms with Crippen LogP contribution in [0.25, 0.3) is 10.1 Å². The van der Waals surface area contributed by atoms with E-state index in [0.29, 0.717) is 5.39 Å². The lowest BCUT2D eigenvalue weighted by atomic mass is 10.2. The van der Waals surface area contributed by atoms with Crippen LogP contribution in [-0.4, -0.2) is 0 Å². The Morgan fingerprint density at radius 3 is 2.77 bits per heavy atom. The van der Waals surface area contributed by atoms with Crippen LogP contribution in [0.3, 0.4) is 0 Å². The van der Waals surface area contributed by atoms with Crippen molar-refractivity contribution >= 4 is 33.0 Å². The van der Waals surface area contributed by atoms with Gasteiger partial charge in [-0.1, -0.05) is 0 Å². The van der Waals surface area contributed by atoms with E-state index in [-0.39, 0.29) is 11.4 Å². The molecule has 0 N–H and O–H groups in total. The number of halogens is 3. The van der Waals surface area contributed by atoms with E-state index >= 15 is 0 Å². The molecule has 0 aliphatic heterocycles. The number of benzene rings is 1. The smallest absolute Gasteiger partial charge is 0.167 e. The minimum absolute atomic E-state index is 0.00338. The van der Waals surface area contributed by atoms with Gasteiger partial charge in [0.05, 0.1) is 5.88 Å². The van der Waals surface area contributed by atoms with Crippen molar-refractivity contribution in [3.8, 4) is 0 Å². The van der Waals surface area contributed by atoms with E-state index in [9.17, 15) is 8.78 Å². The van der Waals surface area contributed by atoms with Gasteiger partial charge < -0.3 is 0 Å². The number of fused-ring (bicyclic) bond motifs is 1. The van der Waals surface area contributed by atoms with Crippen LogP contribution in [0.2, 0.25) is 0 Å². The van der Waals surface area contributed by atoms with Crippen LogP contribution in [0.5, 0.6) is 0 Å². The molecule has 0 fully saturated rings. The van der Waals surface area contributed by atoms with Crippen molar-refractivity contribution in [3.63, 3.8) is 0 Å². The van der Waals surface area contributed by atoms with Gasteiger partial charge in [0.25, 0.3) is 0 Å². The van der Waals surface area contributed by atoms with Crippen molar-refractivity contribution in [2.24, 2.45) is 0 Å². The average Bonchev–Trinajstić information content (AvgIpc) is 2.59. The molecule has 0 atom stereocenters. The summed E-state index contributed by atoms with van der Waals surface area (Å²) in [5.41, 5.74) is 0.217. The molecule has 0 bridgehead atoms. The third-order valence-corrected chi connectivity index (χ3v) is 3.01. The van der Waals surface area contributed by atoms with Crippen LogP contribution < -0.4 is 0 Å². The van der Waals surface area contributed by atoms with Gasteiger partial charge in [0.15, 0.2) is 11.6 Å². The highest BCUT2D eigenvalue weighted by Gasteiger charge is 2.12. The third-order valence-electron chi connectivity index (χ3n) is 1.86. The van der Waals surface area contributed by atoms with Gasteiger partial charge in [0.1, 0.15) is 0 Å². The van der Waals surface area contributed by atoms with E-state index in [0.717, 1.165) is 4.70 Å². The predicted octanol–water partition coefficient (Wildman–Crippen LogP) is 3.92. The highest BCUT2D eigenvalue weighted by Crippen LogP contribution is 2.28. The second kappa shape index (κ2) is 3.24. The zero-order valence-electron chi connectivity index (χ0n) is 6.48. The summed E-state index contributed by atoms with van der Waals surface area (Å²) < 4.78 is 27.1. The Bertz CT molecular complexity index is 450. The molecule has 0 saturated carbocycles. The first-order chi connectivity index (χ1) is 6.24. The standard InChI is InChI=1S/C9H5ClF2S/c10-4-5-3-7-6(1-2-13-7)9(12)8(5)11/h1-3H,4H2. The van der Waals surface area contributed by atoms with E-state index in [4.69, 9.17) is 11.6 Å². The van der Waals surface area contributed by atoms with Crippen molar-refractivity contribution in [1.29, 1.82) is 0 Å². The first kappa shape index (κ1) is 8.91. The molecule has 1 heterocycles. The summed E-state index contributed by atoms with van der Waals surface area (Å²) in [5, 5.41) is 2.06. The molecule has 0 saturated heterocycles. The van der Waals surface area contributed by atoms with E-state index < -0.39 is 11.6 Å². The Kier molecular flexibility index (Phi) is 2.22. The monoisotopic (exact) mass is 218 g/mol. The molecule has 0 spiro atoms. The molecule has 0 aliphatic rings. The van der Waals surface area contributed by atoms with Gasteiger partial charge in [0, 0.05) is 15.6 Å². The minimum Gasteiger partial charge on any atom is -0.203 e. The molecule has 4 heteroatoms. The van der Waals surface area contributed by atoms with Crippen molar-refractivity contribution in [2.45, 2.75) is 5.88 Å². The van der Waals surface area contributed by atoms with Crippen molar-refractivity contribution in [1.82, 2.24) is 0 Å². The lowest BCUT2D eigenvalue weighted by Crippen LogP contribution is -1.91. The van der Waals surface area contributed by atoms with Crippen molar-refractivity contribution in [2.75, 3.05) is 0 Å². The van der Waals surface area contributed by atoms with Gasteiger partial charge in [-0.2, -0.15) is 0 Å². The molecule has 0 aliphatic carbocycles. The lowest BCUT2D eigenvalue weighted by molar-refractivity contribution is 0.511. The van der Waals surface area contributed by atoms with Gasteiger partial charge in [-0.25, -0.2) is 8.78 Å². The van der Waals surface area contributed by atoms with Gasteiger partial charge in [-0.15, -0.1) is 22.9 Å². The maximum atomic E-state index is 13.3. The van der Waals surface area contributed by atoms with Gasteiger partial charge in [-0.3, -0.25) is 0 Å². The van der Waals surface area contributed by atoms with Crippen LogP contribution in [0.1, 0.15) is 5.56 Å². The van der Waals surface area contributed by atoms with E-state index in [1.165, 1.54) is 11.3 Å².